The minimum Gasteiger partial charge on any atom is -0.266 e. The Morgan fingerprint density at radius 2 is 2.50 bits per heavy atom. The fourth-order valence-electron chi connectivity index (χ4n) is 0.509. The Morgan fingerprint density at radius 3 is 2.88 bits per heavy atom. The summed E-state index contributed by atoms with van der Waals surface area (Å²) in [7, 11) is 0. The van der Waals surface area contributed by atoms with Gasteiger partial charge in [-0.05, 0) is 0 Å². The van der Waals surface area contributed by atoms with Crippen LogP contribution in [0.1, 0.15) is 6.42 Å². The van der Waals surface area contributed by atoms with Gasteiger partial charge in [0.2, 0.25) is 0 Å². The van der Waals surface area contributed by atoms with E-state index in [1.165, 1.54) is 0 Å². The molecule has 0 amide bonds. The summed E-state index contributed by atoms with van der Waals surface area (Å²) in [4.78, 5) is 3.79. The van der Waals surface area contributed by atoms with Gasteiger partial charge in [-0.2, -0.15) is 0 Å². The van der Waals surface area contributed by atoms with Gasteiger partial charge in [0.05, 0.1) is 5.38 Å². The van der Waals surface area contributed by atoms with Crippen molar-refractivity contribution >= 4 is 29.4 Å². The summed E-state index contributed by atoms with van der Waals surface area (Å²) in [5.41, 5.74) is 0. The van der Waals surface area contributed by atoms with Gasteiger partial charge in [-0.3, -0.25) is 4.99 Å². The van der Waals surface area contributed by atoms with Gasteiger partial charge in [-0.25, -0.2) is 0 Å². The fraction of sp³-hybridized carbons (Fsp3) is 0.400. The molecule has 0 fully saturated rings. The molecular weight excluding hydrogens is 145 g/mol. The molecule has 0 saturated carbocycles. The zero-order chi connectivity index (χ0) is 5.98. The summed E-state index contributed by atoms with van der Waals surface area (Å²) < 4.78 is 0. The molecule has 0 aliphatic carbocycles. The smallest absolute Gasteiger partial charge is 0.0737 e. The van der Waals surface area contributed by atoms with Gasteiger partial charge >= 0.3 is 0 Å². The predicted molar refractivity (Wildman–Crippen MR) is 36.7 cm³/mol. The first-order valence-corrected chi connectivity index (χ1v) is 3.12. The largest absolute Gasteiger partial charge is 0.266 e. The molecule has 0 spiro atoms. The Labute approximate surface area is 58.0 Å². The molecular formula is C5H5Cl2N. The maximum Gasteiger partial charge on any atom is 0.0737 e. The quantitative estimate of drug-likeness (QED) is 0.469. The Hall–Kier alpha value is -0.0100. The van der Waals surface area contributed by atoms with Crippen LogP contribution < -0.4 is 0 Å². The van der Waals surface area contributed by atoms with Gasteiger partial charge in [0.1, 0.15) is 0 Å². The molecule has 1 aliphatic rings. The summed E-state index contributed by atoms with van der Waals surface area (Å²) in [5, 5.41) is 0.722. The van der Waals surface area contributed by atoms with E-state index >= 15 is 0 Å². The highest BCUT2D eigenvalue weighted by molar-refractivity contribution is 6.33. The Kier molecular flexibility index (Phi) is 1.92. The minimum atomic E-state index is -0.00694. The van der Waals surface area contributed by atoms with Crippen LogP contribution in [0.25, 0.3) is 0 Å². The van der Waals surface area contributed by atoms with E-state index in [1.54, 1.807) is 12.4 Å². The van der Waals surface area contributed by atoms with Gasteiger partial charge in [-0.15, -0.1) is 11.6 Å². The number of halogens is 2. The lowest BCUT2D eigenvalue weighted by molar-refractivity contribution is 1.07. The van der Waals surface area contributed by atoms with Crippen molar-refractivity contribution in [3.8, 4) is 0 Å². The highest BCUT2D eigenvalue weighted by atomic mass is 35.5. The maximum absolute atomic E-state index is 5.64. The second-order valence-electron chi connectivity index (χ2n) is 1.59. The third-order valence-electron chi connectivity index (χ3n) is 0.852. The summed E-state index contributed by atoms with van der Waals surface area (Å²) in [5.74, 6) is 0. The molecule has 1 rings (SSSR count). The van der Waals surface area contributed by atoms with Gasteiger partial charge in [-0.1, -0.05) is 11.6 Å². The molecule has 1 unspecified atom stereocenters. The molecule has 1 heterocycles. The lowest BCUT2D eigenvalue weighted by Gasteiger charge is -2.04. The van der Waals surface area contributed by atoms with Crippen LogP contribution in [-0.2, 0) is 0 Å². The van der Waals surface area contributed by atoms with Crippen molar-refractivity contribution in [2.75, 3.05) is 0 Å². The number of aliphatic imine (C=N–C) groups is 1. The summed E-state index contributed by atoms with van der Waals surface area (Å²) in [6, 6.07) is 0. The van der Waals surface area contributed by atoms with Crippen LogP contribution in [0.15, 0.2) is 16.2 Å². The molecule has 0 aromatic rings. The van der Waals surface area contributed by atoms with Crippen LogP contribution in [0.2, 0.25) is 0 Å². The third-order valence-corrected chi connectivity index (χ3v) is 1.37. The highest BCUT2D eigenvalue weighted by Gasteiger charge is 2.05. The van der Waals surface area contributed by atoms with Crippen molar-refractivity contribution in [2.24, 2.45) is 4.99 Å². The number of hydrogen-bond donors (Lipinski definition) is 0. The fourth-order valence-corrected chi connectivity index (χ4v) is 1.04. The second-order valence-corrected chi connectivity index (χ2v) is 2.64. The van der Waals surface area contributed by atoms with Crippen molar-refractivity contribution in [1.29, 1.82) is 0 Å². The summed E-state index contributed by atoms with van der Waals surface area (Å²) in [6.07, 6.45) is 4.00. The first-order valence-electron chi connectivity index (χ1n) is 2.31. The average Bonchev–Trinajstić information content (AvgIpc) is 1.64. The van der Waals surface area contributed by atoms with E-state index in [1.807, 2.05) is 0 Å². The van der Waals surface area contributed by atoms with E-state index in [2.05, 4.69) is 4.99 Å². The van der Waals surface area contributed by atoms with Gasteiger partial charge < -0.3 is 0 Å². The number of allylic oxidation sites excluding steroid dienone is 1. The van der Waals surface area contributed by atoms with Crippen molar-refractivity contribution in [3.05, 3.63) is 11.2 Å². The van der Waals surface area contributed by atoms with E-state index in [0.29, 0.717) is 6.42 Å². The van der Waals surface area contributed by atoms with Crippen molar-refractivity contribution in [2.45, 2.75) is 11.8 Å². The number of rotatable bonds is 0. The van der Waals surface area contributed by atoms with Crippen molar-refractivity contribution < 1.29 is 0 Å². The molecule has 3 heteroatoms. The first kappa shape index (κ1) is 6.12. The zero-order valence-electron chi connectivity index (χ0n) is 4.14. The first-order chi connectivity index (χ1) is 3.79. The van der Waals surface area contributed by atoms with Gasteiger partial charge in [0.15, 0.2) is 0 Å². The van der Waals surface area contributed by atoms with Crippen LogP contribution in [0.4, 0.5) is 0 Å². The maximum atomic E-state index is 5.64. The number of hydrogen-bond acceptors (Lipinski definition) is 1. The minimum absolute atomic E-state index is 0.00694. The molecule has 0 aromatic carbocycles. The van der Waals surface area contributed by atoms with Crippen molar-refractivity contribution in [1.82, 2.24) is 0 Å². The molecule has 0 bridgehead atoms. The monoisotopic (exact) mass is 149 g/mol. The third kappa shape index (κ3) is 1.49. The summed E-state index contributed by atoms with van der Waals surface area (Å²) >= 11 is 11.2. The molecule has 1 aliphatic heterocycles. The van der Waals surface area contributed by atoms with E-state index < -0.39 is 0 Å². The van der Waals surface area contributed by atoms with Crippen LogP contribution in [0.5, 0.6) is 0 Å². The lowest BCUT2D eigenvalue weighted by Crippen LogP contribution is -2.02. The molecule has 1 nitrogen and oxygen atoms in total. The molecule has 8 heavy (non-hydrogen) atoms. The Bertz CT molecular complexity index is 139. The Balaban J connectivity index is 2.59. The van der Waals surface area contributed by atoms with Crippen molar-refractivity contribution in [3.63, 3.8) is 0 Å². The molecule has 0 radical (unpaired) electrons. The molecule has 1 atom stereocenters. The Morgan fingerprint density at radius 1 is 1.75 bits per heavy atom. The highest BCUT2D eigenvalue weighted by Crippen LogP contribution is 2.16. The molecule has 0 aromatic heterocycles. The van der Waals surface area contributed by atoms with E-state index in [-0.39, 0.29) is 5.38 Å². The van der Waals surface area contributed by atoms with Gasteiger partial charge in [0, 0.05) is 23.9 Å². The molecule has 0 N–H and O–H groups in total. The van der Waals surface area contributed by atoms with Crippen LogP contribution in [0.3, 0.4) is 0 Å². The zero-order valence-corrected chi connectivity index (χ0v) is 5.65. The SMILES string of the molecule is ClC1=CN=CC(Cl)C1. The van der Waals surface area contributed by atoms with Crippen LogP contribution in [-0.4, -0.2) is 11.6 Å². The van der Waals surface area contributed by atoms with E-state index in [9.17, 15) is 0 Å². The standard InChI is InChI=1S/C5H5Cl2N/c6-4-1-5(7)3-8-2-4/h2-4H,1H2. The van der Waals surface area contributed by atoms with Crippen LogP contribution >= 0.6 is 23.2 Å². The van der Waals surface area contributed by atoms with Gasteiger partial charge in [0.25, 0.3) is 0 Å². The normalized spacial score (nSPS) is 27.8. The number of alkyl halides is 1. The second kappa shape index (κ2) is 2.51. The molecule has 44 valence electrons. The average molecular weight is 150 g/mol. The topological polar surface area (TPSA) is 12.4 Å². The summed E-state index contributed by atoms with van der Waals surface area (Å²) in [6.45, 7) is 0. The van der Waals surface area contributed by atoms with Crippen LogP contribution in [0, 0.1) is 0 Å². The van der Waals surface area contributed by atoms with E-state index in [4.69, 9.17) is 23.2 Å². The number of nitrogens with zero attached hydrogens (tertiary/aromatic N) is 1. The van der Waals surface area contributed by atoms with E-state index in [0.717, 1.165) is 5.03 Å². The molecule has 0 saturated heterocycles. The lowest BCUT2D eigenvalue weighted by atomic mass is 10.3. The predicted octanol–water partition coefficient (Wildman–Crippen LogP) is 2.15.